The van der Waals surface area contributed by atoms with Gasteiger partial charge in [0.25, 0.3) is 5.91 Å². The van der Waals surface area contributed by atoms with Gasteiger partial charge in [-0.1, -0.05) is 0 Å². The molecule has 2 rings (SSSR count). The van der Waals surface area contributed by atoms with Crippen LogP contribution in [0.3, 0.4) is 0 Å². The van der Waals surface area contributed by atoms with Crippen LogP contribution in [0.25, 0.3) is 0 Å². The van der Waals surface area contributed by atoms with Crippen LogP contribution in [0.2, 0.25) is 0 Å². The summed E-state index contributed by atoms with van der Waals surface area (Å²) in [5.74, 6) is -0.390. The Hall–Kier alpha value is -2.50. The Balaban J connectivity index is 2.14. The summed E-state index contributed by atoms with van der Waals surface area (Å²) in [6, 6.07) is 8.49. The summed E-state index contributed by atoms with van der Waals surface area (Å²) in [4.78, 5) is 11.9. The van der Waals surface area contributed by atoms with E-state index in [-0.39, 0.29) is 11.4 Å². The Bertz CT molecular complexity index is 664. The molecule has 2 aromatic rings. The largest absolute Gasteiger partial charge is 0.508 e. The van der Waals surface area contributed by atoms with Crippen molar-refractivity contribution in [3.05, 3.63) is 59.2 Å². The Kier molecular flexibility index (Phi) is 3.88. The topological polar surface area (TPSA) is 49.3 Å². The third-order valence-electron chi connectivity index (χ3n) is 2.93. The third kappa shape index (κ3) is 3.53. The van der Waals surface area contributed by atoms with Gasteiger partial charge >= 0.3 is 6.18 Å². The molecule has 2 N–H and O–H groups in total. The van der Waals surface area contributed by atoms with Gasteiger partial charge in [0.2, 0.25) is 0 Å². The molecule has 0 spiro atoms. The predicted octanol–water partition coefficient (Wildman–Crippen LogP) is 3.97. The number of aromatic hydroxyl groups is 1. The van der Waals surface area contributed by atoms with Crippen molar-refractivity contribution >= 4 is 11.6 Å². The lowest BCUT2D eigenvalue weighted by Gasteiger charge is -2.09. The van der Waals surface area contributed by atoms with E-state index >= 15 is 0 Å². The summed E-state index contributed by atoms with van der Waals surface area (Å²) in [5.41, 5.74) is 0.333. The highest BCUT2D eigenvalue weighted by Crippen LogP contribution is 2.29. The number of carbonyl (C=O) groups excluding carboxylic acids is 1. The number of halogens is 3. The molecule has 0 aliphatic heterocycles. The van der Waals surface area contributed by atoms with Crippen molar-refractivity contribution in [2.24, 2.45) is 0 Å². The van der Waals surface area contributed by atoms with Crippen LogP contribution in [0.4, 0.5) is 18.9 Å². The van der Waals surface area contributed by atoms with E-state index in [9.17, 15) is 23.1 Å². The van der Waals surface area contributed by atoms with E-state index in [0.717, 1.165) is 12.1 Å². The van der Waals surface area contributed by atoms with Crippen molar-refractivity contribution in [2.45, 2.75) is 13.1 Å². The fraction of sp³-hybridized carbons (Fsp3) is 0.133. The molecule has 6 heteroatoms. The Labute approximate surface area is 119 Å². The van der Waals surface area contributed by atoms with E-state index in [4.69, 9.17) is 0 Å². The second-order valence-corrected chi connectivity index (χ2v) is 4.53. The highest BCUT2D eigenvalue weighted by Gasteiger charge is 2.29. The summed E-state index contributed by atoms with van der Waals surface area (Å²) in [6.07, 6.45) is -4.41. The maximum absolute atomic E-state index is 12.4. The van der Waals surface area contributed by atoms with Crippen molar-refractivity contribution in [1.29, 1.82) is 0 Å². The van der Waals surface area contributed by atoms with Gasteiger partial charge in [0, 0.05) is 11.3 Å². The van der Waals surface area contributed by atoms with Gasteiger partial charge in [-0.2, -0.15) is 13.2 Å². The number of nitrogens with one attached hydrogen (secondary N) is 1. The number of aryl methyl sites for hydroxylation is 1. The van der Waals surface area contributed by atoms with E-state index in [1.54, 1.807) is 6.92 Å². The molecule has 21 heavy (non-hydrogen) atoms. The monoisotopic (exact) mass is 295 g/mol. The van der Waals surface area contributed by atoms with E-state index in [0.29, 0.717) is 11.1 Å². The number of hydrogen-bond acceptors (Lipinski definition) is 2. The highest BCUT2D eigenvalue weighted by molar-refractivity contribution is 6.04. The van der Waals surface area contributed by atoms with Crippen LogP contribution >= 0.6 is 0 Å². The number of hydrogen-bond donors (Lipinski definition) is 2. The van der Waals surface area contributed by atoms with E-state index in [1.165, 1.54) is 30.3 Å². The molecule has 0 atom stereocenters. The number of carbonyl (C=O) groups is 1. The highest BCUT2D eigenvalue weighted by atomic mass is 19.4. The van der Waals surface area contributed by atoms with E-state index in [1.807, 2.05) is 0 Å². The smallest absolute Gasteiger partial charge is 0.416 e. The van der Waals surface area contributed by atoms with Gasteiger partial charge < -0.3 is 10.4 Å². The average Bonchev–Trinajstić information content (AvgIpc) is 2.41. The number of benzene rings is 2. The van der Waals surface area contributed by atoms with Crippen LogP contribution in [-0.2, 0) is 6.18 Å². The van der Waals surface area contributed by atoms with Crippen LogP contribution < -0.4 is 5.32 Å². The number of anilines is 1. The molecule has 0 aliphatic carbocycles. The minimum atomic E-state index is -4.41. The molecule has 110 valence electrons. The molecule has 0 saturated carbocycles. The number of amides is 1. The first kappa shape index (κ1) is 14.9. The Morgan fingerprint density at radius 2 is 1.71 bits per heavy atom. The maximum atomic E-state index is 12.4. The predicted molar refractivity (Wildman–Crippen MR) is 72.2 cm³/mol. The zero-order valence-electron chi connectivity index (χ0n) is 11.0. The van der Waals surface area contributed by atoms with Crippen LogP contribution in [-0.4, -0.2) is 11.0 Å². The van der Waals surface area contributed by atoms with Gasteiger partial charge in [-0.25, -0.2) is 0 Å². The Morgan fingerprint density at radius 1 is 1.10 bits per heavy atom. The van der Waals surface area contributed by atoms with Crippen LogP contribution in [0.15, 0.2) is 42.5 Å². The van der Waals surface area contributed by atoms with Crippen molar-refractivity contribution in [3.63, 3.8) is 0 Å². The normalized spacial score (nSPS) is 11.2. The fourth-order valence-corrected chi connectivity index (χ4v) is 1.74. The van der Waals surface area contributed by atoms with Gasteiger partial charge in [-0.3, -0.25) is 4.79 Å². The summed E-state index contributed by atoms with van der Waals surface area (Å²) < 4.78 is 37.3. The molecule has 0 unspecified atom stereocenters. The van der Waals surface area contributed by atoms with Crippen molar-refractivity contribution in [3.8, 4) is 5.75 Å². The lowest BCUT2D eigenvalue weighted by Crippen LogP contribution is -2.12. The van der Waals surface area contributed by atoms with Gasteiger partial charge in [-0.05, 0) is 55.0 Å². The zero-order chi connectivity index (χ0) is 15.6. The molecule has 0 aromatic heterocycles. The Morgan fingerprint density at radius 3 is 2.24 bits per heavy atom. The molecular weight excluding hydrogens is 283 g/mol. The quantitative estimate of drug-likeness (QED) is 0.880. The first-order chi connectivity index (χ1) is 9.77. The first-order valence-electron chi connectivity index (χ1n) is 6.05. The van der Waals surface area contributed by atoms with E-state index in [2.05, 4.69) is 5.32 Å². The molecule has 0 aliphatic rings. The fourth-order valence-electron chi connectivity index (χ4n) is 1.74. The minimum Gasteiger partial charge on any atom is -0.508 e. The molecule has 3 nitrogen and oxygen atoms in total. The van der Waals surface area contributed by atoms with Crippen LogP contribution in [0.1, 0.15) is 21.5 Å². The lowest BCUT2D eigenvalue weighted by molar-refractivity contribution is -0.137. The SMILES string of the molecule is Cc1cc(C(=O)Nc2ccc(C(F)(F)F)cc2)ccc1O. The maximum Gasteiger partial charge on any atom is 0.416 e. The first-order valence-corrected chi connectivity index (χ1v) is 6.05. The second kappa shape index (κ2) is 5.47. The lowest BCUT2D eigenvalue weighted by atomic mass is 10.1. The van der Waals surface area contributed by atoms with Crippen molar-refractivity contribution < 1.29 is 23.1 Å². The standard InChI is InChI=1S/C15H12F3NO2/c1-9-8-10(2-7-13(9)20)14(21)19-12-5-3-11(4-6-12)15(16,17)18/h2-8,20H,1H3,(H,19,21). The van der Waals surface area contributed by atoms with Gasteiger partial charge in [0.1, 0.15) is 5.75 Å². The number of rotatable bonds is 2. The third-order valence-corrected chi connectivity index (χ3v) is 2.93. The molecule has 0 heterocycles. The molecule has 0 fully saturated rings. The van der Waals surface area contributed by atoms with Crippen molar-refractivity contribution in [2.75, 3.05) is 5.32 Å². The average molecular weight is 295 g/mol. The summed E-state index contributed by atoms with van der Waals surface area (Å²) in [7, 11) is 0. The number of alkyl halides is 3. The summed E-state index contributed by atoms with van der Waals surface area (Å²) >= 11 is 0. The molecule has 2 aromatic carbocycles. The van der Waals surface area contributed by atoms with Crippen molar-refractivity contribution in [1.82, 2.24) is 0 Å². The molecule has 1 amide bonds. The molecule has 0 radical (unpaired) electrons. The minimum absolute atomic E-state index is 0.0704. The molecular formula is C15H12F3NO2. The zero-order valence-corrected chi connectivity index (χ0v) is 11.0. The van der Waals surface area contributed by atoms with Gasteiger partial charge in [0.15, 0.2) is 0 Å². The second-order valence-electron chi connectivity index (χ2n) is 4.53. The summed E-state index contributed by atoms with van der Waals surface area (Å²) in [6.45, 7) is 1.64. The number of phenolic OH excluding ortho intramolecular Hbond substituents is 1. The van der Waals surface area contributed by atoms with Gasteiger partial charge in [-0.15, -0.1) is 0 Å². The summed E-state index contributed by atoms with van der Waals surface area (Å²) in [5, 5.41) is 11.9. The van der Waals surface area contributed by atoms with Crippen LogP contribution in [0, 0.1) is 6.92 Å². The van der Waals surface area contributed by atoms with Gasteiger partial charge in [0.05, 0.1) is 5.56 Å². The van der Waals surface area contributed by atoms with E-state index < -0.39 is 17.6 Å². The number of phenols is 1. The molecule has 0 saturated heterocycles. The van der Waals surface area contributed by atoms with Crippen LogP contribution in [0.5, 0.6) is 5.75 Å². The molecule has 0 bridgehead atoms.